The lowest BCUT2D eigenvalue weighted by atomic mass is 10.1. The Bertz CT molecular complexity index is 572. The molecule has 0 atom stereocenters. The summed E-state index contributed by atoms with van der Waals surface area (Å²) in [7, 11) is -1.94. The standard InChI is InChI=1S/C14H22N2O4S/c1-12-5-4-6-13(9-12)10-15-14(17)11-16(7-8-20-2)21(3,18)19/h4-6,9H,7-8,10-11H2,1-3H3,(H,15,17). The van der Waals surface area contributed by atoms with Gasteiger partial charge in [0.2, 0.25) is 15.9 Å². The number of amides is 1. The molecule has 0 bridgehead atoms. The number of ether oxygens (including phenoxy) is 1. The van der Waals surface area contributed by atoms with Crippen molar-refractivity contribution in [3.63, 3.8) is 0 Å². The first-order chi connectivity index (χ1) is 9.82. The summed E-state index contributed by atoms with van der Waals surface area (Å²) in [5.74, 6) is -0.335. The number of rotatable bonds is 8. The number of nitrogens with zero attached hydrogens (tertiary/aromatic N) is 1. The van der Waals surface area contributed by atoms with Gasteiger partial charge in [0.25, 0.3) is 0 Å². The van der Waals surface area contributed by atoms with E-state index in [4.69, 9.17) is 4.74 Å². The predicted molar refractivity (Wildman–Crippen MR) is 81.3 cm³/mol. The molecule has 118 valence electrons. The SMILES string of the molecule is COCCN(CC(=O)NCc1cccc(C)c1)S(C)(=O)=O. The Morgan fingerprint density at radius 2 is 2.10 bits per heavy atom. The fourth-order valence-corrected chi connectivity index (χ4v) is 2.55. The Balaban J connectivity index is 2.54. The molecule has 0 aromatic heterocycles. The van der Waals surface area contributed by atoms with Crippen molar-refractivity contribution in [2.45, 2.75) is 13.5 Å². The average molecular weight is 314 g/mol. The molecule has 1 amide bonds. The summed E-state index contributed by atoms with van der Waals surface area (Å²) < 4.78 is 29.1. The summed E-state index contributed by atoms with van der Waals surface area (Å²) in [6.07, 6.45) is 1.08. The van der Waals surface area contributed by atoms with E-state index < -0.39 is 10.0 Å². The Morgan fingerprint density at radius 3 is 2.67 bits per heavy atom. The maximum absolute atomic E-state index is 11.9. The summed E-state index contributed by atoms with van der Waals surface area (Å²) in [5, 5.41) is 2.72. The number of methoxy groups -OCH3 is 1. The van der Waals surface area contributed by atoms with Crippen molar-refractivity contribution in [1.82, 2.24) is 9.62 Å². The molecular formula is C14H22N2O4S. The molecule has 0 fully saturated rings. The van der Waals surface area contributed by atoms with Crippen molar-refractivity contribution in [3.05, 3.63) is 35.4 Å². The minimum Gasteiger partial charge on any atom is -0.383 e. The summed E-state index contributed by atoms with van der Waals surface area (Å²) in [6.45, 7) is 2.56. The molecule has 0 heterocycles. The average Bonchev–Trinajstić information content (AvgIpc) is 2.40. The highest BCUT2D eigenvalue weighted by atomic mass is 32.2. The lowest BCUT2D eigenvalue weighted by molar-refractivity contribution is -0.121. The fraction of sp³-hybridized carbons (Fsp3) is 0.500. The van der Waals surface area contributed by atoms with Crippen LogP contribution in [0.1, 0.15) is 11.1 Å². The van der Waals surface area contributed by atoms with Crippen molar-refractivity contribution < 1.29 is 17.9 Å². The molecule has 0 aliphatic heterocycles. The van der Waals surface area contributed by atoms with Crippen molar-refractivity contribution in [2.24, 2.45) is 0 Å². The first-order valence-electron chi connectivity index (χ1n) is 6.59. The highest BCUT2D eigenvalue weighted by Crippen LogP contribution is 2.03. The summed E-state index contributed by atoms with van der Waals surface area (Å²) in [5.41, 5.74) is 2.09. The number of nitrogens with one attached hydrogen (secondary N) is 1. The topological polar surface area (TPSA) is 75.7 Å². The van der Waals surface area contributed by atoms with Gasteiger partial charge in [-0.25, -0.2) is 8.42 Å². The number of carbonyl (C=O) groups excluding carboxylic acids is 1. The van der Waals surface area contributed by atoms with E-state index in [0.29, 0.717) is 6.54 Å². The molecule has 1 aromatic rings. The van der Waals surface area contributed by atoms with Crippen LogP contribution in [0.4, 0.5) is 0 Å². The van der Waals surface area contributed by atoms with E-state index in [1.165, 1.54) is 7.11 Å². The van der Waals surface area contributed by atoms with Gasteiger partial charge < -0.3 is 10.1 Å². The summed E-state index contributed by atoms with van der Waals surface area (Å²) in [6, 6.07) is 7.77. The van der Waals surface area contributed by atoms with Crippen LogP contribution < -0.4 is 5.32 Å². The van der Waals surface area contributed by atoms with Crippen LogP contribution in [0.15, 0.2) is 24.3 Å². The van der Waals surface area contributed by atoms with E-state index in [-0.39, 0.29) is 25.6 Å². The molecular weight excluding hydrogens is 292 g/mol. The zero-order chi connectivity index (χ0) is 15.9. The van der Waals surface area contributed by atoms with Crippen LogP contribution in [-0.4, -0.2) is 51.7 Å². The van der Waals surface area contributed by atoms with Crippen molar-refractivity contribution >= 4 is 15.9 Å². The largest absolute Gasteiger partial charge is 0.383 e. The molecule has 0 saturated heterocycles. The van der Waals surface area contributed by atoms with Gasteiger partial charge in [-0.15, -0.1) is 0 Å². The Kier molecular flexibility index (Phi) is 6.80. The molecule has 0 aliphatic rings. The van der Waals surface area contributed by atoms with E-state index in [0.717, 1.165) is 21.7 Å². The van der Waals surface area contributed by atoms with Crippen LogP contribution in [0.25, 0.3) is 0 Å². The van der Waals surface area contributed by atoms with E-state index in [9.17, 15) is 13.2 Å². The molecule has 0 aliphatic carbocycles. The maximum Gasteiger partial charge on any atom is 0.235 e. The molecule has 1 N–H and O–H groups in total. The van der Waals surface area contributed by atoms with E-state index in [2.05, 4.69) is 5.32 Å². The second kappa shape index (κ2) is 8.11. The van der Waals surface area contributed by atoms with Crippen molar-refractivity contribution in [2.75, 3.05) is 33.1 Å². The number of benzene rings is 1. The summed E-state index contributed by atoms with van der Waals surface area (Å²) >= 11 is 0. The van der Waals surface area contributed by atoms with Gasteiger partial charge in [0.15, 0.2) is 0 Å². The van der Waals surface area contributed by atoms with Crippen LogP contribution in [-0.2, 0) is 26.1 Å². The van der Waals surface area contributed by atoms with Gasteiger partial charge in [-0.3, -0.25) is 4.79 Å². The van der Waals surface area contributed by atoms with Crippen LogP contribution >= 0.6 is 0 Å². The Hall–Kier alpha value is -1.44. The van der Waals surface area contributed by atoms with Gasteiger partial charge in [0.1, 0.15) is 0 Å². The second-order valence-corrected chi connectivity index (χ2v) is 6.84. The third-order valence-corrected chi connectivity index (χ3v) is 4.16. The van der Waals surface area contributed by atoms with Gasteiger partial charge in [-0.2, -0.15) is 4.31 Å². The van der Waals surface area contributed by atoms with Gasteiger partial charge in [-0.1, -0.05) is 29.8 Å². The third kappa shape index (κ3) is 6.70. The highest BCUT2D eigenvalue weighted by molar-refractivity contribution is 7.88. The minimum absolute atomic E-state index is 0.160. The van der Waals surface area contributed by atoms with Crippen LogP contribution in [0.5, 0.6) is 0 Å². The van der Waals surface area contributed by atoms with Crippen LogP contribution in [0.3, 0.4) is 0 Å². The molecule has 6 nitrogen and oxygen atoms in total. The lowest BCUT2D eigenvalue weighted by Gasteiger charge is -2.19. The second-order valence-electron chi connectivity index (χ2n) is 4.86. The number of aryl methyl sites for hydroxylation is 1. The molecule has 1 rings (SSSR count). The molecule has 0 saturated carbocycles. The molecule has 0 spiro atoms. The zero-order valence-electron chi connectivity index (χ0n) is 12.6. The van der Waals surface area contributed by atoms with Crippen LogP contribution in [0, 0.1) is 6.92 Å². The van der Waals surface area contributed by atoms with E-state index >= 15 is 0 Å². The third-order valence-electron chi connectivity index (χ3n) is 2.91. The molecule has 7 heteroatoms. The highest BCUT2D eigenvalue weighted by Gasteiger charge is 2.19. The Labute approximate surface area is 126 Å². The van der Waals surface area contributed by atoms with Crippen LogP contribution in [0.2, 0.25) is 0 Å². The quantitative estimate of drug-likeness (QED) is 0.759. The number of hydrogen-bond acceptors (Lipinski definition) is 4. The number of sulfonamides is 1. The van der Waals surface area contributed by atoms with Crippen molar-refractivity contribution in [3.8, 4) is 0 Å². The molecule has 0 unspecified atom stereocenters. The summed E-state index contributed by atoms with van der Waals surface area (Å²) in [4.78, 5) is 11.9. The van der Waals surface area contributed by atoms with E-state index in [1.807, 2.05) is 31.2 Å². The van der Waals surface area contributed by atoms with Gasteiger partial charge in [-0.05, 0) is 12.5 Å². The molecule has 21 heavy (non-hydrogen) atoms. The number of carbonyl (C=O) groups is 1. The van der Waals surface area contributed by atoms with Gasteiger partial charge >= 0.3 is 0 Å². The van der Waals surface area contributed by atoms with Crippen molar-refractivity contribution in [1.29, 1.82) is 0 Å². The van der Waals surface area contributed by atoms with Gasteiger partial charge in [0, 0.05) is 20.2 Å². The first kappa shape index (κ1) is 17.6. The normalized spacial score (nSPS) is 11.6. The maximum atomic E-state index is 11.9. The molecule has 1 aromatic carbocycles. The minimum atomic E-state index is -3.43. The van der Waals surface area contributed by atoms with Gasteiger partial charge in [0.05, 0.1) is 19.4 Å². The predicted octanol–water partition coefficient (Wildman–Crippen LogP) is 0.519. The number of hydrogen-bond donors (Lipinski definition) is 1. The zero-order valence-corrected chi connectivity index (χ0v) is 13.4. The smallest absolute Gasteiger partial charge is 0.235 e. The monoisotopic (exact) mass is 314 g/mol. The lowest BCUT2D eigenvalue weighted by Crippen LogP contribution is -2.41. The molecule has 0 radical (unpaired) electrons. The van der Waals surface area contributed by atoms with E-state index in [1.54, 1.807) is 0 Å². The first-order valence-corrected chi connectivity index (χ1v) is 8.44. The fourth-order valence-electron chi connectivity index (χ4n) is 1.79. The Morgan fingerprint density at radius 1 is 1.38 bits per heavy atom.